The van der Waals surface area contributed by atoms with Gasteiger partial charge in [0.25, 0.3) is 0 Å². The van der Waals surface area contributed by atoms with E-state index in [-0.39, 0.29) is 24.2 Å². The van der Waals surface area contributed by atoms with Gasteiger partial charge in [-0.2, -0.15) is 13.2 Å². The molecule has 4 saturated carbocycles. The van der Waals surface area contributed by atoms with Crippen molar-refractivity contribution in [3.8, 4) is 0 Å². The van der Waals surface area contributed by atoms with Crippen molar-refractivity contribution in [2.24, 2.45) is 46.3 Å². The molecular formula is C27H45F3O2. The molecule has 5 heteroatoms. The lowest BCUT2D eigenvalue weighted by atomic mass is 9.43. The molecule has 2 N–H and O–H groups in total. The number of hydrogen-bond donors (Lipinski definition) is 2. The number of hydrogen-bond acceptors (Lipinski definition) is 2. The molecule has 0 radical (unpaired) electrons. The van der Waals surface area contributed by atoms with Crippen LogP contribution >= 0.6 is 0 Å². The summed E-state index contributed by atoms with van der Waals surface area (Å²) in [6.07, 6.45) is 4.32. The molecule has 0 aromatic heterocycles. The first-order valence-corrected chi connectivity index (χ1v) is 13.1. The maximum Gasteiger partial charge on any atom is 0.417 e. The molecule has 0 bridgehead atoms. The predicted molar refractivity (Wildman–Crippen MR) is 121 cm³/mol. The molecule has 3 unspecified atom stereocenters. The second kappa shape index (κ2) is 7.86. The van der Waals surface area contributed by atoms with Crippen LogP contribution in [0.4, 0.5) is 13.2 Å². The molecular weight excluding hydrogens is 413 g/mol. The van der Waals surface area contributed by atoms with Crippen LogP contribution < -0.4 is 0 Å². The molecule has 32 heavy (non-hydrogen) atoms. The van der Waals surface area contributed by atoms with Crippen molar-refractivity contribution in [3.05, 3.63) is 0 Å². The fourth-order valence-corrected chi connectivity index (χ4v) is 9.26. The molecule has 0 aliphatic heterocycles. The van der Waals surface area contributed by atoms with Gasteiger partial charge in [-0.25, -0.2) is 0 Å². The van der Waals surface area contributed by atoms with E-state index in [1.807, 2.05) is 13.8 Å². The van der Waals surface area contributed by atoms with Gasteiger partial charge in [0.15, 0.2) is 5.60 Å². The standard InChI is InChI=1S/C27H45F3O2/c1-17(10-12-23(2,3)31)20-8-9-21-19-7-6-18-16-26(32,27(28,29)30)15-14-24(18,4)22(19)11-13-25(20,21)5/h17-22,31-32H,6-16H2,1-5H3/t17-,18+,19?,20-,21?,22?,24+,25-,26+/m1/s1. The first-order valence-electron chi connectivity index (χ1n) is 13.1. The molecule has 2 nitrogen and oxygen atoms in total. The largest absolute Gasteiger partial charge is 0.417 e. The Hall–Kier alpha value is -0.290. The van der Waals surface area contributed by atoms with E-state index in [2.05, 4.69) is 20.8 Å². The van der Waals surface area contributed by atoms with Crippen molar-refractivity contribution >= 4 is 0 Å². The minimum Gasteiger partial charge on any atom is -0.390 e. The molecule has 0 aromatic rings. The Morgan fingerprint density at radius 1 is 0.906 bits per heavy atom. The van der Waals surface area contributed by atoms with Gasteiger partial charge >= 0.3 is 6.18 Å². The zero-order chi connectivity index (χ0) is 23.7. The summed E-state index contributed by atoms with van der Waals surface area (Å²) >= 11 is 0. The third-order valence-electron chi connectivity index (χ3n) is 11.2. The molecule has 0 amide bonds. The van der Waals surface area contributed by atoms with Gasteiger partial charge < -0.3 is 10.2 Å². The second-order valence-corrected chi connectivity index (χ2v) is 13.4. The molecule has 0 aromatic carbocycles. The molecule has 4 fully saturated rings. The molecule has 186 valence electrons. The average molecular weight is 459 g/mol. The molecule has 4 rings (SSSR count). The van der Waals surface area contributed by atoms with Crippen LogP contribution in [-0.4, -0.2) is 27.6 Å². The fourth-order valence-electron chi connectivity index (χ4n) is 9.26. The summed E-state index contributed by atoms with van der Waals surface area (Å²) in [4.78, 5) is 0. The predicted octanol–water partition coefficient (Wildman–Crippen LogP) is 7.13. The van der Waals surface area contributed by atoms with Gasteiger partial charge in [-0.05, 0) is 131 Å². The lowest BCUT2D eigenvalue weighted by Crippen LogP contribution is -2.59. The third kappa shape index (κ3) is 3.95. The van der Waals surface area contributed by atoms with E-state index in [1.165, 1.54) is 19.3 Å². The molecule has 0 saturated heterocycles. The van der Waals surface area contributed by atoms with Crippen molar-refractivity contribution in [1.82, 2.24) is 0 Å². The van der Waals surface area contributed by atoms with Gasteiger partial charge in [-0.3, -0.25) is 0 Å². The van der Waals surface area contributed by atoms with E-state index in [0.29, 0.717) is 41.4 Å². The van der Waals surface area contributed by atoms with Gasteiger partial charge in [0.2, 0.25) is 0 Å². The highest BCUT2D eigenvalue weighted by atomic mass is 19.4. The number of halogens is 3. The number of alkyl halides is 3. The van der Waals surface area contributed by atoms with Gasteiger partial charge in [-0.1, -0.05) is 20.8 Å². The number of rotatable bonds is 4. The topological polar surface area (TPSA) is 40.5 Å². The van der Waals surface area contributed by atoms with E-state index < -0.39 is 17.4 Å². The first kappa shape index (κ1) is 24.8. The van der Waals surface area contributed by atoms with Crippen molar-refractivity contribution in [2.45, 2.75) is 123 Å². The SMILES string of the molecule is C[C@H](CCC(C)(C)O)[C@H]1CCC2C3CC[C@H]4C[C@](O)(C(F)(F)F)CC[C@]4(C)C3CC[C@@]21C. The summed E-state index contributed by atoms with van der Waals surface area (Å²) < 4.78 is 40.7. The van der Waals surface area contributed by atoms with Crippen LogP contribution in [0.2, 0.25) is 0 Å². The summed E-state index contributed by atoms with van der Waals surface area (Å²) in [5.41, 5.74) is -2.84. The summed E-state index contributed by atoms with van der Waals surface area (Å²) in [6, 6.07) is 0. The van der Waals surface area contributed by atoms with Crippen molar-refractivity contribution in [3.63, 3.8) is 0 Å². The Balaban J connectivity index is 1.49. The van der Waals surface area contributed by atoms with Gasteiger partial charge in [0.05, 0.1) is 5.60 Å². The van der Waals surface area contributed by atoms with Gasteiger partial charge in [0.1, 0.15) is 0 Å². The van der Waals surface area contributed by atoms with Crippen LogP contribution in [0.25, 0.3) is 0 Å². The van der Waals surface area contributed by atoms with Crippen LogP contribution in [0, 0.1) is 46.3 Å². The van der Waals surface area contributed by atoms with Gasteiger partial charge in [0, 0.05) is 0 Å². The summed E-state index contributed by atoms with van der Waals surface area (Å²) in [5, 5.41) is 20.6. The van der Waals surface area contributed by atoms with Crippen molar-refractivity contribution < 1.29 is 23.4 Å². The smallest absolute Gasteiger partial charge is 0.390 e. The van der Waals surface area contributed by atoms with E-state index in [1.54, 1.807) is 0 Å². The first-order chi connectivity index (χ1) is 14.6. The fraction of sp³-hybridized carbons (Fsp3) is 1.00. The molecule has 0 heterocycles. The van der Waals surface area contributed by atoms with Crippen molar-refractivity contribution in [1.29, 1.82) is 0 Å². The number of fused-ring (bicyclic) bond motifs is 5. The third-order valence-corrected chi connectivity index (χ3v) is 11.2. The summed E-state index contributed by atoms with van der Waals surface area (Å²) in [5.74, 6) is 3.06. The maximum atomic E-state index is 13.6. The molecule has 0 spiro atoms. The summed E-state index contributed by atoms with van der Waals surface area (Å²) in [7, 11) is 0. The Bertz CT molecular complexity index is 700. The normalized spacial score (nSPS) is 48.0. The van der Waals surface area contributed by atoms with E-state index in [9.17, 15) is 23.4 Å². The highest BCUT2D eigenvalue weighted by Crippen LogP contribution is 2.69. The van der Waals surface area contributed by atoms with Gasteiger partial charge in [-0.15, -0.1) is 0 Å². The minimum absolute atomic E-state index is 0.0172. The lowest BCUT2D eigenvalue weighted by Gasteiger charge is -2.62. The number of aliphatic hydroxyl groups is 2. The lowest BCUT2D eigenvalue weighted by molar-refractivity contribution is -0.290. The van der Waals surface area contributed by atoms with E-state index in [4.69, 9.17) is 0 Å². The van der Waals surface area contributed by atoms with E-state index >= 15 is 0 Å². The second-order valence-electron chi connectivity index (χ2n) is 13.4. The highest BCUT2D eigenvalue weighted by Gasteiger charge is 2.65. The van der Waals surface area contributed by atoms with E-state index in [0.717, 1.165) is 32.1 Å². The molecule has 4 aliphatic carbocycles. The minimum atomic E-state index is -4.52. The Kier molecular flexibility index (Phi) is 6.10. The van der Waals surface area contributed by atoms with Crippen LogP contribution in [0.15, 0.2) is 0 Å². The zero-order valence-corrected chi connectivity index (χ0v) is 20.8. The average Bonchev–Trinajstić information content (AvgIpc) is 3.02. The Morgan fingerprint density at radius 2 is 1.56 bits per heavy atom. The van der Waals surface area contributed by atoms with Crippen LogP contribution in [0.3, 0.4) is 0 Å². The van der Waals surface area contributed by atoms with Crippen LogP contribution in [0.5, 0.6) is 0 Å². The monoisotopic (exact) mass is 458 g/mol. The Morgan fingerprint density at radius 3 is 2.19 bits per heavy atom. The Labute approximate surface area is 192 Å². The highest BCUT2D eigenvalue weighted by molar-refractivity contribution is 5.11. The van der Waals surface area contributed by atoms with Crippen LogP contribution in [-0.2, 0) is 0 Å². The maximum absolute atomic E-state index is 13.6. The van der Waals surface area contributed by atoms with Crippen LogP contribution in [0.1, 0.15) is 105 Å². The van der Waals surface area contributed by atoms with Crippen molar-refractivity contribution in [2.75, 3.05) is 0 Å². The summed E-state index contributed by atoms with van der Waals surface area (Å²) in [6.45, 7) is 10.9. The zero-order valence-electron chi connectivity index (χ0n) is 20.8. The quantitative estimate of drug-likeness (QED) is 0.471. The molecule has 9 atom stereocenters. The molecule has 4 aliphatic rings.